The maximum atomic E-state index is 11.6. The van der Waals surface area contributed by atoms with E-state index < -0.39 is 10.0 Å². The van der Waals surface area contributed by atoms with Crippen LogP contribution in [0.1, 0.15) is 19.3 Å². The maximum Gasteiger partial charge on any atom is 0.224 e. The average molecular weight is 297 g/mol. The van der Waals surface area contributed by atoms with Crippen molar-refractivity contribution in [2.45, 2.75) is 25.3 Å². The molecule has 2 aliphatic heterocycles. The summed E-state index contributed by atoms with van der Waals surface area (Å²) in [5, 5.41) is 0. The molecule has 2 heterocycles. The summed E-state index contributed by atoms with van der Waals surface area (Å²) in [4.78, 5) is 2.43. The molecule has 1 unspecified atom stereocenters. The minimum atomic E-state index is -3.04. The van der Waals surface area contributed by atoms with Crippen molar-refractivity contribution < 1.29 is 8.42 Å². The fraction of sp³-hybridized carbons (Fsp3) is 1.00. The van der Waals surface area contributed by atoms with Crippen molar-refractivity contribution in [2.75, 3.05) is 30.8 Å². The van der Waals surface area contributed by atoms with Crippen LogP contribution in [0.5, 0.6) is 0 Å². The zero-order chi connectivity index (χ0) is 10.9. The summed E-state index contributed by atoms with van der Waals surface area (Å²) >= 11 is 3.04. The van der Waals surface area contributed by atoms with Crippen molar-refractivity contribution in [3.63, 3.8) is 0 Å². The van der Waals surface area contributed by atoms with Crippen molar-refractivity contribution in [1.82, 2.24) is 9.21 Å². The highest BCUT2D eigenvalue weighted by atomic mass is 79.9. The van der Waals surface area contributed by atoms with E-state index in [2.05, 4.69) is 20.8 Å². The standard InChI is InChI=1S/C9H17BrN2O2S/c10-8-15(13,14)12-6-3-9(7-12)11-4-1-2-5-11/h9H,1-8H2. The quantitative estimate of drug-likeness (QED) is 0.725. The molecule has 2 fully saturated rings. The van der Waals surface area contributed by atoms with Gasteiger partial charge < -0.3 is 0 Å². The second kappa shape index (κ2) is 4.69. The highest BCUT2D eigenvalue weighted by molar-refractivity contribution is 9.10. The van der Waals surface area contributed by atoms with Crippen LogP contribution < -0.4 is 0 Å². The first-order chi connectivity index (χ1) is 7.13. The Kier molecular flexibility index (Phi) is 3.70. The molecular formula is C9H17BrN2O2S. The minimum absolute atomic E-state index is 0.0483. The van der Waals surface area contributed by atoms with E-state index in [1.165, 1.54) is 12.8 Å². The molecule has 0 saturated carbocycles. The Hall–Kier alpha value is 0.350. The van der Waals surface area contributed by atoms with Gasteiger partial charge in [0.25, 0.3) is 0 Å². The highest BCUT2D eigenvalue weighted by Crippen LogP contribution is 2.22. The lowest BCUT2D eigenvalue weighted by Gasteiger charge is -2.23. The van der Waals surface area contributed by atoms with Gasteiger partial charge in [-0.15, -0.1) is 0 Å². The Morgan fingerprint density at radius 1 is 1.20 bits per heavy atom. The van der Waals surface area contributed by atoms with Crippen molar-refractivity contribution in [1.29, 1.82) is 0 Å². The molecule has 0 aromatic carbocycles. The van der Waals surface area contributed by atoms with Crippen LogP contribution in [-0.4, -0.2) is 54.5 Å². The third-order valence-electron chi connectivity index (χ3n) is 3.31. The molecule has 0 spiro atoms. The van der Waals surface area contributed by atoms with Crippen molar-refractivity contribution in [3.8, 4) is 0 Å². The summed E-state index contributed by atoms with van der Waals surface area (Å²) in [6.45, 7) is 3.67. The largest absolute Gasteiger partial charge is 0.299 e. The second-order valence-corrected chi connectivity index (χ2v) is 7.54. The van der Waals surface area contributed by atoms with E-state index in [4.69, 9.17) is 0 Å². The summed E-state index contributed by atoms with van der Waals surface area (Å²) in [5.41, 5.74) is 0. The fourth-order valence-corrected chi connectivity index (χ4v) is 4.23. The molecule has 15 heavy (non-hydrogen) atoms. The monoisotopic (exact) mass is 296 g/mol. The molecule has 1 atom stereocenters. The summed E-state index contributed by atoms with van der Waals surface area (Å²) in [6.07, 6.45) is 3.52. The first-order valence-electron chi connectivity index (χ1n) is 5.41. The Morgan fingerprint density at radius 2 is 1.87 bits per heavy atom. The van der Waals surface area contributed by atoms with E-state index in [-0.39, 0.29) is 4.66 Å². The predicted molar refractivity (Wildman–Crippen MR) is 63.5 cm³/mol. The van der Waals surface area contributed by atoms with Crippen LogP contribution >= 0.6 is 15.9 Å². The van der Waals surface area contributed by atoms with E-state index in [0.717, 1.165) is 19.5 Å². The number of hydrogen-bond acceptors (Lipinski definition) is 3. The Morgan fingerprint density at radius 3 is 2.47 bits per heavy atom. The van der Waals surface area contributed by atoms with Crippen LogP contribution in [0.25, 0.3) is 0 Å². The molecule has 0 aromatic heterocycles. The molecule has 0 aromatic rings. The van der Waals surface area contributed by atoms with E-state index in [9.17, 15) is 8.42 Å². The fourth-order valence-electron chi connectivity index (χ4n) is 2.44. The third kappa shape index (κ3) is 2.54. The third-order valence-corrected chi connectivity index (χ3v) is 6.44. The van der Waals surface area contributed by atoms with Gasteiger partial charge in [-0.25, -0.2) is 8.42 Å². The van der Waals surface area contributed by atoms with Crippen molar-refractivity contribution in [3.05, 3.63) is 0 Å². The molecule has 4 nitrogen and oxygen atoms in total. The Balaban J connectivity index is 1.94. The van der Waals surface area contributed by atoms with Crippen LogP contribution in [0, 0.1) is 0 Å². The topological polar surface area (TPSA) is 40.6 Å². The lowest BCUT2D eigenvalue weighted by Crippen LogP contribution is -2.37. The highest BCUT2D eigenvalue weighted by Gasteiger charge is 2.34. The Labute approximate surface area is 99.8 Å². The van der Waals surface area contributed by atoms with Gasteiger partial charge in [0.15, 0.2) is 0 Å². The molecular weight excluding hydrogens is 280 g/mol. The molecule has 2 aliphatic rings. The summed E-state index contributed by atoms with van der Waals surface area (Å²) in [6, 6.07) is 0.460. The molecule has 0 N–H and O–H groups in total. The van der Waals surface area contributed by atoms with Gasteiger partial charge in [-0.1, -0.05) is 15.9 Å². The van der Waals surface area contributed by atoms with Gasteiger partial charge in [0.2, 0.25) is 10.0 Å². The van der Waals surface area contributed by atoms with Crippen LogP contribution in [0.15, 0.2) is 0 Å². The first-order valence-corrected chi connectivity index (χ1v) is 8.14. The van der Waals surface area contributed by atoms with Crippen LogP contribution in [0.2, 0.25) is 0 Å². The van der Waals surface area contributed by atoms with Gasteiger partial charge in [-0.05, 0) is 32.4 Å². The number of sulfonamides is 1. The molecule has 6 heteroatoms. The maximum absolute atomic E-state index is 11.6. The summed E-state index contributed by atoms with van der Waals surface area (Å²) < 4.78 is 24.9. The Bertz CT molecular complexity index is 314. The SMILES string of the molecule is O=S(=O)(CBr)N1CCC(N2CCCC2)C1. The summed E-state index contributed by atoms with van der Waals surface area (Å²) in [5.74, 6) is 0. The number of halogens is 1. The van der Waals surface area contributed by atoms with Crippen LogP contribution in [-0.2, 0) is 10.0 Å². The number of rotatable bonds is 3. The van der Waals surface area contributed by atoms with Gasteiger partial charge in [-0.3, -0.25) is 4.90 Å². The molecule has 0 aliphatic carbocycles. The lowest BCUT2D eigenvalue weighted by atomic mass is 10.2. The minimum Gasteiger partial charge on any atom is -0.299 e. The van der Waals surface area contributed by atoms with E-state index in [0.29, 0.717) is 19.1 Å². The molecule has 0 amide bonds. The van der Waals surface area contributed by atoms with Gasteiger partial charge in [0.05, 0.1) is 0 Å². The van der Waals surface area contributed by atoms with Crippen LogP contribution in [0.4, 0.5) is 0 Å². The molecule has 2 saturated heterocycles. The van der Waals surface area contributed by atoms with E-state index >= 15 is 0 Å². The normalized spacial score (nSPS) is 30.1. The molecule has 88 valence electrons. The summed E-state index contributed by atoms with van der Waals surface area (Å²) in [7, 11) is -3.04. The molecule has 0 bridgehead atoms. The van der Waals surface area contributed by atoms with Crippen molar-refractivity contribution in [2.24, 2.45) is 0 Å². The smallest absolute Gasteiger partial charge is 0.224 e. The average Bonchev–Trinajstić information content (AvgIpc) is 2.88. The second-order valence-electron chi connectivity index (χ2n) is 4.26. The van der Waals surface area contributed by atoms with E-state index in [1.807, 2.05) is 0 Å². The van der Waals surface area contributed by atoms with Crippen molar-refractivity contribution >= 4 is 26.0 Å². The van der Waals surface area contributed by atoms with Gasteiger partial charge >= 0.3 is 0 Å². The lowest BCUT2D eigenvalue weighted by molar-refractivity contribution is 0.251. The number of nitrogens with zero attached hydrogens (tertiary/aromatic N) is 2. The zero-order valence-electron chi connectivity index (χ0n) is 8.73. The predicted octanol–water partition coefficient (Wildman–Crippen LogP) is 0.839. The van der Waals surface area contributed by atoms with Crippen LogP contribution in [0.3, 0.4) is 0 Å². The van der Waals surface area contributed by atoms with E-state index in [1.54, 1.807) is 4.31 Å². The van der Waals surface area contributed by atoms with Gasteiger partial charge in [0, 0.05) is 19.1 Å². The van der Waals surface area contributed by atoms with Gasteiger partial charge in [0.1, 0.15) is 4.66 Å². The van der Waals surface area contributed by atoms with Gasteiger partial charge in [-0.2, -0.15) is 4.31 Å². The first kappa shape index (κ1) is 11.8. The molecule has 0 radical (unpaired) electrons. The number of alkyl halides is 1. The molecule has 2 rings (SSSR count). The number of hydrogen-bond donors (Lipinski definition) is 0. The zero-order valence-corrected chi connectivity index (χ0v) is 11.1. The number of likely N-dealkylation sites (tertiary alicyclic amines) is 1.